The molecule has 0 radical (unpaired) electrons. The second-order valence-corrected chi connectivity index (χ2v) is 11.7. The lowest BCUT2D eigenvalue weighted by molar-refractivity contribution is -0.175. The van der Waals surface area contributed by atoms with Crippen LogP contribution in [0.5, 0.6) is 0 Å². The number of carbonyl (C=O) groups is 4. The molecule has 4 N–H and O–H groups in total. The van der Waals surface area contributed by atoms with Crippen molar-refractivity contribution in [3.8, 4) is 6.07 Å². The van der Waals surface area contributed by atoms with E-state index in [4.69, 9.17) is 0 Å². The Hall–Kier alpha value is -2.98. The molecule has 1 aliphatic heterocycles. The number of amides is 4. The van der Waals surface area contributed by atoms with Crippen LogP contribution < -0.4 is 21.3 Å². The zero-order chi connectivity index (χ0) is 28.7. The highest BCUT2D eigenvalue weighted by Crippen LogP contribution is 2.51. The summed E-state index contributed by atoms with van der Waals surface area (Å²) >= 11 is 0. The van der Waals surface area contributed by atoms with Crippen LogP contribution in [0.2, 0.25) is 0 Å². The summed E-state index contributed by atoms with van der Waals surface area (Å²) in [4.78, 5) is 49.9. The number of alkyl halides is 5. The zero-order valence-electron chi connectivity index (χ0n) is 21.3. The van der Waals surface area contributed by atoms with Crippen LogP contribution in [0.3, 0.4) is 0 Å². The maximum absolute atomic E-state index is 13.6. The first-order valence-corrected chi connectivity index (χ1v) is 12.4. The van der Waals surface area contributed by atoms with Crippen molar-refractivity contribution in [3.63, 3.8) is 0 Å². The molecule has 9 nitrogen and oxygen atoms in total. The highest BCUT2D eigenvalue weighted by Gasteiger charge is 2.58. The fourth-order valence-electron chi connectivity index (χ4n) is 4.64. The Kier molecular flexibility index (Phi) is 8.01. The number of rotatable bonds is 9. The number of hydrogen-bond acceptors (Lipinski definition) is 5. The van der Waals surface area contributed by atoms with E-state index in [1.54, 1.807) is 5.32 Å². The minimum absolute atomic E-state index is 0.0311. The lowest BCUT2D eigenvalue weighted by atomic mass is 9.85. The standard InChI is InChI=1S/C24H32F5N5O4/c1-21(2,3)16(33-20(38)24(27,28)29)19(37)32-15(9-13-10-23(13,25)26)18(36)31-14(11-30)8-12-4-5-22(6-7-22)34-17(12)35/h12-16H,4-10H2,1-3H3,(H,31,36)(H,32,37)(H,33,38)(H,34,35)/t12-,13?,14-,15-,16+/m0/s1. The van der Waals surface area contributed by atoms with Gasteiger partial charge in [0.15, 0.2) is 0 Å². The number of carbonyl (C=O) groups excluding carboxylic acids is 4. The van der Waals surface area contributed by atoms with Crippen molar-refractivity contribution >= 4 is 23.6 Å². The van der Waals surface area contributed by atoms with Crippen LogP contribution in [0.1, 0.15) is 65.7 Å². The van der Waals surface area contributed by atoms with Crippen LogP contribution in [-0.2, 0) is 19.2 Å². The van der Waals surface area contributed by atoms with Gasteiger partial charge in [-0.15, -0.1) is 0 Å². The Bertz CT molecular complexity index is 1020. The molecule has 1 heterocycles. The third kappa shape index (κ3) is 7.32. The summed E-state index contributed by atoms with van der Waals surface area (Å²) in [6, 6.07) is -2.67. The summed E-state index contributed by atoms with van der Waals surface area (Å²) in [6.07, 6.45) is -3.35. The fourth-order valence-corrected chi connectivity index (χ4v) is 4.64. The van der Waals surface area contributed by atoms with Crippen molar-refractivity contribution in [1.29, 1.82) is 5.26 Å². The van der Waals surface area contributed by atoms with Crippen LogP contribution >= 0.6 is 0 Å². The predicted octanol–water partition coefficient (Wildman–Crippen LogP) is 2.07. The first-order valence-electron chi connectivity index (χ1n) is 12.4. The van der Waals surface area contributed by atoms with E-state index in [-0.39, 0.29) is 17.9 Å². The summed E-state index contributed by atoms with van der Waals surface area (Å²) < 4.78 is 65.7. The van der Waals surface area contributed by atoms with E-state index in [0.717, 1.165) is 19.3 Å². The van der Waals surface area contributed by atoms with Gasteiger partial charge in [-0.05, 0) is 43.9 Å². The van der Waals surface area contributed by atoms with E-state index in [1.807, 2.05) is 6.07 Å². The fraction of sp³-hybridized carbons (Fsp3) is 0.792. The number of hydrogen-bond donors (Lipinski definition) is 4. The number of nitriles is 1. The molecule has 1 saturated heterocycles. The van der Waals surface area contributed by atoms with Gasteiger partial charge in [-0.2, -0.15) is 18.4 Å². The number of nitrogens with zero attached hydrogens (tertiary/aromatic N) is 1. The van der Waals surface area contributed by atoms with Gasteiger partial charge in [0.25, 0.3) is 5.92 Å². The Morgan fingerprint density at radius 3 is 2.11 bits per heavy atom. The number of piperidine rings is 1. The van der Waals surface area contributed by atoms with Gasteiger partial charge in [-0.3, -0.25) is 19.2 Å². The summed E-state index contributed by atoms with van der Waals surface area (Å²) in [5.74, 6) is -9.63. The van der Waals surface area contributed by atoms with E-state index in [0.29, 0.717) is 6.42 Å². The van der Waals surface area contributed by atoms with Crippen LogP contribution in [0, 0.1) is 28.6 Å². The van der Waals surface area contributed by atoms with Crippen molar-refractivity contribution in [3.05, 3.63) is 0 Å². The van der Waals surface area contributed by atoms with Crippen molar-refractivity contribution in [2.24, 2.45) is 17.3 Å². The van der Waals surface area contributed by atoms with E-state index in [1.165, 1.54) is 20.8 Å². The first-order chi connectivity index (χ1) is 17.4. The SMILES string of the molecule is CC(C)(C)[C@H](NC(=O)C(F)(F)F)C(=O)N[C@@H](CC1CC1(F)F)C(=O)N[C@H](C#N)C[C@@H]1CCC2(CC2)NC1=O. The molecule has 0 aromatic rings. The molecule has 1 spiro atoms. The normalized spacial score (nSPS) is 25.7. The second kappa shape index (κ2) is 10.3. The molecule has 2 aliphatic carbocycles. The maximum Gasteiger partial charge on any atom is 0.471 e. The topological polar surface area (TPSA) is 140 Å². The molecular formula is C24H32F5N5O4. The molecule has 0 bridgehead atoms. The molecule has 212 valence electrons. The monoisotopic (exact) mass is 549 g/mol. The average Bonchev–Trinajstić information content (AvgIpc) is 3.67. The van der Waals surface area contributed by atoms with Gasteiger partial charge in [-0.25, -0.2) is 8.78 Å². The zero-order valence-corrected chi connectivity index (χ0v) is 21.3. The molecular weight excluding hydrogens is 517 g/mol. The number of nitrogens with one attached hydrogen (secondary N) is 4. The van der Waals surface area contributed by atoms with Gasteiger partial charge in [0.1, 0.15) is 18.1 Å². The second-order valence-electron chi connectivity index (χ2n) is 11.7. The van der Waals surface area contributed by atoms with Crippen LogP contribution in [-0.4, -0.2) is 59.4 Å². The van der Waals surface area contributed by atoms with Crippen LogP contribution in [0.4, 0.5) is 22.0 Å². The van der Waals surface area contributed by atoms with E-state index in [9.17, 15) is 46.4 Å². The summed E-state index contributed by atoms with van der Waals surface area (Å²) in [7, 11) is 0. The molecule has 3 fully saturated rings. The van der Waals surface area contributed by atoms with E-state index < -0.39 is 78.0 Å². The smallest absolute Gasteiger partial charge is 0.350 e. The molecule has 3 rings (SSSR count). The largest absolute Gasteiger partial charge is 0.471 e. The van der Waals surface area contributed by atoms with Crippen molar-refractivity contribution in [2.45, 2.75) is 101 Å². The highest BCUT2D eigenvalue weighted by atomic mass is 19.4. The molecule has 0 aromatic carbocycles. The van der Waals surface area contributed by atoms with Crippen molar-refractivity contribution in [1.82, 2.24) is 21.3 Å². The van der Waals surface area contributed by atoms with Gasteiger partial charge in [0, 0.05) is 23.8 Å². The van der Waals surface area contributed by atoms with E-state index >= 15 is 0 Å². The first kappa shape index (κ1) is 29.6. The highest BCUT2D eigenvalue weighted by molar-refractivity contribution is 5.93. The Balaban J connectivity index is 1.69. The lowest BCUT2D eigenvalue weighted by Gasteiger charge is -2.32. The summed E-state index contributed by atoms with van der Waals surface area (Å²) in [6.45, 7) is 4.14. The minimum Gasteiger partial charge on any atom is -0.350 e. The molecule has 3 aliphatic rings. The molecule has 0 aromatic heterocycles. The predicted molar refractivity (Wildman–Crippen MR) is 122 cm³/mol. The molecule has 2 saturated carbocycles. The van der Waals surface area contributed by atoms with Gasteiger partial charge in [-0.1, -0.05) is 20.8 Å². The minimum atomic E-state index is -5.28. The molecule has 14 heteroatoms. The van der Waals surface area contributed by atoms with Crippen molar-refractivity contribution < 1.29 is 41.1 Å². The Morgan fingerprint density at radius 2 is 1.66 bits per heavy atom. The molecule has 38 heavy (non-hydrogen) atoms. The summed E-state index contributed by atoms with van der Waals surface area (Å²) in [5, 5.41) is 18.7. The van der Waals surface area contributed by atoms with E-state index in [2.05, 4.69) is 16.0 Å². The van der Waals surface area contributed by atoms with Gasteiger partial charge in [0.2, 0.25) is 17.7 Å². The van der Waals surface area contributed by atoms with Gasteiger partial charge >= 0.3 is 12.1 Å². The third-order valence-electron chi connectivity index (χ3n) is 7.35. The molecule has 1 unspecified atom stereocenters. The molecule has 5 atom stereocenters. The Morgan fingerprint density at radius 1 is 1.05 bits per heavy atom. The molecule has 4 amide bonds. The Labute approximate surface area is 216 Å². The summed E-state index contributed by atoms with van der Waals surface area (Å²) in [5.41, 5.74) is -1.41. The van der Waals surface area contributed by atoms with Crippen LogP contribution in [0.15, 0.2) is 0 Å². The van der Waals surface area contributed by atoms with Crippen molar-refractivity contribution in [2.75, 3.05) is 0 Å². The van der Waals surface area contributed by atoms with Gasteiger partial charge < -0.3 is 21.3 Å². The number of halogens is 5. The maximum atomic E-state index is 13.6. The van der Waals surface area contributed by atoms with Crippen LogP contribution in [0.25, 0.3) is 0 Å². The average molecular weight is 550 g/mol. The van der Waals surface area contributed by atoms with Gasteiger partial charge in [0.05, 0.1) is 6.07 Å². The third-order valence-corrected chi connectivity index (χ3v) is 7.35. The quantitative estimate of drug-likeness (QED) is 0.326. The lowest BCUT2D eigenvalue weighted by Crippen LogP contribution is -2.60.